The number of benzene rings is 2. The second kappa shape index (κ2) is 10.4. The Bertz CT molecular complexity index is 1230. The fourth-order valence-corrected chi connectivity index (χ4v) is 4.94. The summed E-state index contributed by atoms with van der Waals surface area (Å²) >= 11 is 1.53. The Labute approximate surface area is 206 Å². The van der Waals surface area contributed by atoms with Crippen molar-refractivity contribution in [2.75, 3.05) is 11.6 Å². The van der Waals surface area contributed by atoms with E-state index < -0.39 is 23.6 Å². The number of nitrogens with one attached hydrogen (secondary N) is 2. The van der Waals surface area contributed by atoms with Crippen LogP contribution in [0.15, 0.2) is 53.4 Å². The van der Waals surface area contributed by atoms with Crippen LogP contribution in [-0.4, -0.2) is 28.7 Å². The highest BCUT2D eigenvalue weighted by Crippen LogP contribution is 2.33. The number of nitrogens with zero attached hydrogens (tertiary/aromatic N) is 1. The lowest BCUT2D eigenvalue weighted by molar-refractivity contribution is -0.137. The van der Waals surface area contributed by atoms with Crippen LogP contribution in [0.3, 0.4) is 0 Å². The molecule has 5 nitrogen and oxygen atoms in total. The number of alkyl halides is 3. The van der Waals surface area contributed by atoms with Crippen molar-refractivity contribution in [1.82, 2.24) is 9.88 Å². The number of thioether (sulfide) groups is 1. The predicted octanol–water partition coefficient (Wildman–Crippen LogP) is 6.33. The van der Waals surface area contributed by atoms with Crippen LogP contribution < -0.4 is 10.6 Å². The van der Waals surface area contributed by atoms with Crippen LogP contribution in [0.5, 0.6) is 0 Å². The van der Waals surface area contributed by atoms with Crippen LogP contribution in [0.25, 0.3) is 10.9 Å². The van der Waals surface area contributed by atoms with Gasteiger partial charge in [-0.15, -0.1) is 11.8 Å². The Kier molecular flexibility index (Phi) is 7.44. The van der Waals surface area contributed by atoms with Crippen LogP contribution >= 0.6 is 11.8 Å². The van der Waals surface area contributed by atoms with E-state index in [-0.39, 0.29) is 29.7 Å². The number of anilines is 1. The lowest BCUT2D eigenvalue weighted by Crippen LogP contribution is -2.38. The van der Waals surface area contributed by atoms with E-state index >= 15 is 0 Å². The molecule has 1 saturated carbocycles. The fourth-order valence-electron chi connectivity index (χ4n) is 4.48. The van der Waals surface area contributed by atoms with Crippen molar-refractivity contribution >= 4 is 40.2 Å². The van der Waals surface area contributed by atoms with Crippen molar-refractivity contribution in [3.63, 3.8) is 0 Å². The Balaban J connectivity index is 1.67. The van der Waals surface area contributed by atoms with Gasteiger partial charge in [-0.2, -0.15) is 13.2 Å². The molecular weight excluding hydrogens is 475 g/mol. The summed E-state index contributed by atoms with van der Waals surface area (Å²) in [6.45, 7) is 1.81. The van der Waals surface area contributed by atoms with Gasteiger partial charge in [0.1, 0.15) is 5.69 Å². The Morgan fingerprint density at radius 2 is 1.86 bits per heavy atom. The van der Waals surface area contributed by atoms with Crippen LogP contribution in [0.1, 0.15) is 48.7 Å². The first-order valence-corrected chi connectivity index (χ1v) is 12.8. The number of aromatic nitrogens is 1. The number of hydrogen-bond acceptors (Lipinski definition) is 3. The molecule has 1 fully saturated rings. The summed E-state index contributed by atoms with van der Waals surface area (Å²) in [6.07, 6.45) is 1.42. The molecular formula is C26H28F3N3O2S. The standard InChI is InChI=1S/C26H28F3N3O2S/c1-16(24(33)30-19-6-3-4-7-19)15-32-22-13-18(26(27,28)29)11-10-17(22)12-23(32)25(34)31-20-8-5-9-21(14-20)35-2/h5,8-14,16,19H,3-4,6-7,15H2,1-2H3,(H,30,33)(H,31,34). The summed E-state index contributed by atoms with van der Waals surface area (Å²) in [4.78, 5) is 27.0. The molecule has 35 heavy (non-hydrogen) atoms. The van der Waals surface area contributed by atoms with Gasteiger partial charge in [0.2, 0.25) is 5.91 Å². The maximum absolute atomic E-state index is 13.4. The topological polar surface area (TPSA) is 63.1 Å². The third kappa shape index (κ3) is 5.83. The molecule has 0 spiro atoms. The molecule has 0 bridgehead atoms. The molecule has 0 radical (unpaired) electrons. The summed E-state index contributed by atoms with van der Waals surface area (Å²) in [6, 6.07) is 12.4. The van der Waals surface area contributed by atoms with Gasteiger partial charge in [0.15, 0.2) is 0 Å². The van der Waals surface area contributed by atoms with Gasteiger partial charge in [-0.25, -0.2) is 0 Å². The predicted molar refractivity (Wildman–Crippen MR) is 133 cm³/mol. The maximum atomic E-state index is 13.4. The van der Waals surface area contributed by atoms with Crippen molar-refractivity contribution in [2.24, 2.45) is 5.92 Å². The molecule has 1 aliphatic carbocycles. The minimum atomic E-state index is -4.52. The molecule has 1 atom stereocenters. The van der Waals surface area contributed by atoms with Gasteiger partial charge in [-0.05, 0) is 55.5 Å². The molecule has 2 amide bonds. The number of rotatable bonds is 7. The quantitative estimate of drug-likeness (QED) is 0.371. The second-order valence-electron chi connectivity index (χ2n) is 8.99. The summed E-state index contributed by atoms with van der Waals surface area (Å²) in [5.41, 5.74) is 0.256. The lowest BCUT2D eigenvalue weighted by Gasteiger charge is -2.19. The Hall–Kier alpha value is -2.94. The van der Waals surface area contributed by atoms with Crippen molar-refractivity contribution < 1.29 is 22.8 Å². The van der Waals surface area contributed by atoms with Gasteiger partial charge in [0.25, 0.3) is 5.91 Å². The SMILES string of the molecule is CSc1cccc(NC(=O)c2cc3ccc(C(F)(F)F)cc3n2CC(C)C(=O)NC2CCCC2)c1. The van der Waals surface area contributed by atoms with Crippen LogP contribution in [-0.2, 0) is 17.5 Å². The van der Waals surface area contributed by atoms with Crippen LogP contribution in [0.4, 0.5) is 18.9 Å². The third-order valence-electron chi connectivity index (χ3n) is 6.40. The molecule has 1 aliphatic rings. The Morgan fingerprint density at radius 1 is 1.11 bits per heavy atom. The monoisotopic (exact) mass is 503 g/mol. The van der Waals surface area contributed by atoms with Gasteiger partial charge < -0.3 is 15.2 Å². The highest BCUT2D eigenvalue weighted by Gasteiger charge is 2.31. The molecule has 0 aliphatic heterocycles. The van der Waals surface area contributed by atoms with E-state index in [1.54, 1.807) is 19.1 Å². The summed E-state index contributed by atoms with van der Waals surface area (Å²) in [7, 11) is 0. The number of carbonyl (C=O) groups is 2. The van der Waals surface area contributed by atoms with E-state index in [2.05, 4.69) is 10.6 Å². The van der Waals surface area contributed by atoms with Gasteiger partial charge in [-0.1, -0.05) is 31.9 Å². The smallest absolute Gasteiger partial charge is 0.353 e. The van der Waals surface area contributed by atoms with Gasteiger partial charge in [0, 0.05) is 34.1 Å². The first-order chi connectivity index (χ1) is 16.7. The fraction of sp³-hybridized carbons (Fsp3) is 0.385. The first-order valence-electron chi connectivity index (χ1n) is 11.6. The van der Waals surface area contributed by atoms with Crippen molar-refractivity contribution in [3.05, 3.63) is 59.8 Å². The number of halogens is 3. The zero-order valence-electron chi connectivity index (χ0n) is 19.6. The van der Waals surface area contributed by atoms with Crippen molar-refractivity contribution in [3.8, 4) is 0 Å². The van der Waals surface area contributed by atoms with Crippen LogP contribution in [0.2, 0.25) is 0 Å². The number of carbonyl (C=O) groups excluding carboxylic acids is 2. The van der Waals surface area contributed by atoms with E-state index in [0.29, 0.717) is 11.1 Å². The summed E-state index contributed by atoms with van der Waals surface area (Å²) in [5, 5.41) is 6.39. The summed E-state index contributed by atoms with van der Waals surface area (Å²) in [5.74, 6) is -1.15. The van der Waals surface area contributed by atoms with E-state index in [0.717, 1.165) is 42.7 Å². The zero-order chi connectivity index (χ0) is 25.2. The molecule has 1 heterocycles. The number of fused-ring (bicyclic) bond motifs is 1. The molecule has 2 N–H and O–H groups in total. The lowest BCUT2D eigenvalue weighted by atomic mass is 10.1. The third-order valence-corrected chi connectivity index (χ3v) is 7.12. The largest absolute Gasteiger partial charge is 0.416 e. The minimum absolute atomic E-state index is 0.0803. The average Bonchev–Trinajstić information content (AvgIpc) is 3.46. The molecule has 9 heteroatoms. The second-order valence-corrected chi connectivity index (χ2v) is 9.87. The number of amides is 2. The zero-order valence-corrected chi connectivity index (χ0v) is 20.4. The molecule has 1 aromatic heterocycles. The van der Waals surface area contributed by atoms with E-state index in [4.69, 9.17) is 0 Å². The normalized spacial score (nSPS) is 15.3. The highest BCUT2D eigenvalue weighted by atomic mass is 32.2. The number of hydrogen-bond donors (Lipinski definition) is 2. The van der Waals surface area contributed by atoms with Gasteiger partial charge >= 0.3 is 6.18 Å². The molecule has 0 saturated heterocycles. The minimum Gasteiger partial charge on any atom is -0.353 e. The van der Waals surface area contributed by atoms with Crippen LogP contribution in [0, 0.1) is 5.92 Å². The van der Waals surface area contributed by atoms with Crippen molar-refractivity contribution in [1.29, 1.82) is 0 Å². The van der Waals surface area contributed by atoms with Gasteiger partial charge in [-0.3, -0.25) is 9.59 Å². The maximum Gasteiger partial charge on any atom is 0.416 e. The molecule has 2 aromatic carbocycles. The van der Waals surface area contributed by atoms with E-state index in [1.165, 1.54) is 22.4 Å². The molecule has 186 valence electrons. The van der Waals surface area contributed by atoms with Crippen molar-refractivity contribution in [2.45, 2.75) is 56.3 Å². The van der Waals surface area contributed by atoms with E-state index in [1.807, 2.05) is 24.5 Å². The average molecular weight is 504 g/mol. The van der Waals surface area contributed by atoms with Gasteiger partial charge in [0.05, 0.1) is 11.5 Å². The first kappa shape index (κ1) is 25.2. The Morgan fingerprint density at radius 3 is 2.54 bits per heavy atom. The molecule has 3 aromatic rings. The van der Waals surface area contributed by atoms with E-state index in [9.17, 15) is 22.8 Å². The summed E-state index contributed by atoms with van der Waals surface area (Å²) < 4.78 is 41.8. The highest BCUT2D eigenvalue weighted by molar-refractivity contribution is 7.98. The molecule has 1 unspecified atom stereocenters. The molecule has 4 rings (SSSR count).